The SMILES string of the molecule is CN=C(NCc1ccn(C2CCCC2)n1)NC1CCc2nc(COC)nn2C1. The van der Waals surface area contributed by atoms with Gasteiger partial charge in [0, 0.05) is 32.8 Å². The number of rotatable bonds is 6. The summed E-state index contributed by atoms with van der Waals surface area (Å²) in [5.41, 5.74) is 1.04. The molecule has 2 aliphatic rings. The maximum atomic E-state index is 5.13. The van der Waals surface area contributed by atoms with Gasteiger partial charge in [-0.2, -0.15) is 10.2 Å². The fraction of sp³-hybridized carbons (Fsp3) is 0.684. The molecule has 1 aliphatic heterocycles. The highest BCUT2D eigenvalue weighted by Crippen LogP contribution is 2.28. The van der Waals surface area contributed by atoms with Crippen molar-refractivity contribution in [2.24, 2.45) is 4.99 Å². The Morgan fingerprint density at radius 3 is 2.93 bits per heavy atom. The van der Waals surface area contributed by atoms with Crippen molar-refractivity contribution < 1.29 is 4.74 Å². The van der Waals surface area contributed by atoms with Gasteiger partial charge in [-0.1, -0.05) is 12.8 Å². The molecule has 1 fully saturated rings. The van der Waals surface area contributed by atoms with Crippen molar-refractivity contribution in [1.82, 2.24) is 35.2 Å². The lowest BCUT2D eigenvalue weighted by atomic mass is 10.1. The second-order valence-corrected chi connectivity index (χ2v) is 7.59. The topological polar surface area (TPSA) is 94.2 Å². The van der Waals surface area contributed by atoms with Gasteiger partial charge in [0.05, 0.1) is 24.8 Å². The molecular weight excluding hydrogens is 356 g/mol. The van der Waals surface area contributed by atoms with Gasteiger partial charge in [-0.15, -0.1) is 0 Å². The van der Waals surface area contributed by atoms with Gasteiger partial charge < -0.3 is 15.4 Å². The predicted molar refractivity (Wildman–Crippen MR) is 106 cm³/mol. The second-order valence-electron chi connectivity index (χ2n) is 7.59. The van der Waals surface area contributed by atoms with E-state index in [2.05, 4.69) is 42.7 Å². The molecule has 2 aromatic heterocycles. The summed E-state index contributed by atoms with van der Waals surface area (Å²) in [6.45, 7) is 1.90. The maximum absolute atomic E-state index is 5.13. The first-order chi connectivity index (χ1) is 13.7. The minimum Gasteiger partial charge on any atom is -0.377 e. The molecule has 1 aliphatic carbocycles. The van der Waals surface area contributed by atoms with Crippen LogP contribution in [0.25, 0.3) is 0 Å². The van der Waals surface area contributed by atoms with Gasteiger partial charge in [-0.3, -0.25) is 9.67 Å². The van der Waals surface area contributed by atoms with Crippen LogP contribution < -0.4 is 10.6 Å². The molecule has 1 unspecified atom stereocenters. The fourth-order valence-electron chi connectivity index (χ4n) is 4.07. The highest BCUT2D eigenvalue weighted by Gasteiger charge is 2.22. The molecule has 2 N–H and O–H groups in total. The predicted octanol–water partition coefficient (Wildman–Crippen LogP) is 1.42. The number of methoxy groups -OCH3 is 1. The van der Waals surface area contributed by atoms with E-state index >= 15 is 0 Å². The van der Waals surface area contributed by atoms with Gasteiger partial charge in [-0.05, 0) is 25.3 Å². The largest absolute Gasteiger partial charge is 0.377 e. The number of ether oxygens (including phenoxy) is 1. The lowest BCUT2D eigenvalue weighted by Crippen LogP contribution is -2.46. The Morgan fingerprint density at radius 2 is 2.14 bits per heavy atom. The molecule has 1 atom stereocenters. The molecule has 2 aromatic rings. The van der Waals surface area contributed by atoms with Crippen molar-refractivity contribution in [3.8, 4) is 0 Å². The molecule has 0 spiro atoms. The van der Waals surface area contributed by atoms with Gasteiger partial charge in [0.15, 0.2) is 11.8 Å². The maximum Gasteiger partial charge on any atom is 0.191 e. The monoisotopic (exact) mass is 386 g/mol. The van der Waals surface area contributed by atoms with Crippen molar-refractivity contribution in [3.63, 3.8) is 0 Å². The summed E-state index contributed by atoms with van der Waals surface area (Å²) < 4.78 is 9.24. The fourth-order valence-corrected chi connectivity index (χ4v) is 4.07. The van der Waals surface area contributed by atoms with E-state index in [0.29, 0.717) is 19.2 Å². The molecule has 9 heteroatoms. The van der Waals surface area contributed by atoms with Crippen LogP contribution >= 0.6 is 0 Å². The number of aromatic nitrogens is 5. The van der Waals surface area contributed by atoms with E-state index in [0.717, 1.165) is 42.7 Å². The lowest BCUT2D eigenvalue weighted by Gasteiger charge is -2.25. The Morgan fingerprint density at radius 1 is 1.29 bits per heavy atom. The molecule has 152 valence electrons. The van der Waals surface area contributed by atoms with E-state index in [4.69, 9.17) is 9.84 Å². The summed E-state index contributed by atoms with van der Waals surface area (Å²) in [5, 5.41) is 16.1. The first-order valence-electron chi connectivity index (χ1n) is 10.2. The molecule has 4 rings (SSSR count). The van der Waals surface area contributed by atoms with Crippen molar-refractivity contribution in [3.05, 3.63) is 29.6 Å². The number of nitrogens with one attached hydrogen (secondary N) is 2. The van der Waals surface area contributed by atoms with Crippen LogP contribution in [0.1, 0.15) is 55.5 Å². The third-order valence-electron chi connectivity index (χ3n) is 5.54. The molecule has 0 bridgehead atoms. The standard InChI is InChI=1S/C19H30N8O/c1-20-19(21-11-14-9-10-26(24-14)16-5-3-4-6-16)22-15-7-8-18-23-17(13-28-2)25-27(18)12-15/h9-10,15-16H,3-8,11-13H2,1-2H3,(H2,20,21,22). The summed E-state index contributed by atoms with van der Waals surface area (Å²) in [6, 6.07) is 2.94. The summed E-state index contributed by atoms with van der Waals surface area (Å²) in [7, 11) is 3.46. The van der Waals surface area contributed by atoms with Crippen molar-refractivity contribution in [2.75, 3.05) is 14.2 Å². The van der Waals surface area contributed by atoms with E-state index in [1.54, 1.807) is 14.2 Å². The minimum atomic E-state index is 0.270. The molecule has 1 saturated carbocycles. The minimum absolute atomic E-state index is 0.270. The van der Waals surface area contributed by atoms with Crippen LogP contribution in [0.4, 0.5) is 0 Å². The van der Waals surface area contributed by atoms with E-state index in [1.807, 2.05) is 4.68 Å². The summed E-state index contributed by atoms with van der Waals surface area (Å²) in [5.74, 6) is 2.57. The van der Waals surface area contributed by atoms with Crippen LogP contribution in [-0.2, 0) is 30.9 Å². The van der Waals surface area contributed by atoms with Crippen LogP contribution in [0.15, 0.2) is 17.3 Å². The van der Waals surface area contributed by atoms with Gasteiger partial charge in [0.25, 0.3) is 0 Å². The van der Waals surface area contributed by atoms with Gasteiger partial charge in [0.2, 0.25) is 0 Å². The number of aryl methyl sites for hydroxylation is 1. The normalized spacial score (nSPS) is 20.4. The second kappa shape index (κ2) is 8.72. The van der Waals surface area contributed by atoms with E-state index in [9.17, 15) is 0 Å². The Bertz CT molecular complexity index is 805. The molecule has 9 nitrogen and oxygen atoms in total. The lowest BCUT2D eigenvalue weighted by molar-refractivity contribution is 0.177. The third kappa shape index (κ3) is 4.35. The van der Waals surface area contributed by atoms with Gasteiger partial charge in [-0.25, -0.2) is 9.67 Å². The smallest absolute Gasteiger partial charge is 0.191 e. The van der Waals surface area contributed by atoms with Crippen molar-refractivity contribution in [1.29, 1.82) is 0 Å². The zero-order valence-corrected chi connectivity index (χ0v) is 16.8. The van der Waals surface area contributed by atoms with Crippen molar-refractivity contribution >= 4 is 5.96 Å². The number of hydrogen-bond acceptors (Lipinski definition) is 5. The Kier molecular flexibility index (Phi) is 5.90. The van der Waals surface area contributed by atoms with E-state index < -0.39 is 0 Å². The Balaban J connectivity index is 1.29. The summed E-state index contributed by atoms with van der Waals surface area (Å²) in [6.07, 6.45) is 9.13. The molecule has 0 aromatic carbocycles. The zero-order chi connectivity index (χ0) is 19.3. The summed E-state index contributed by atoms with van der Waals surface area (Å²) >= 11 is 0. The quantitative estimate of drug-likeness (QED) is 0.576. The number of nitrogens with zero attached hydrogens (tertiary/aromatic N) is 6. The third-order valence-corrected chi connectivity index (χ3v) is 5.54. The first kappa shape index (κ1) is 18.9. The number of hydrogen-bond donors (Lipinski definition) is 2. The van der Waals surface area contributed by atoms with Crippen LogP contribution in [0, 0.1) is 0 Å². The summed E-state index contributed by atoms with van der Waals surface area (Å²) in [4.78, 5) is 8.89. The molecule has 0 saturated heterocycles. The van der Waals surface area contributed by atoms with Gasteiger partial charge >= 0.3 is 0 Å². The highest BCUT2D eigenvalue weighted by molar-refractivity contribution is 5.79. The number of aliphatic imine (C=N–C) groups is 1. The zero-order valence-electron chi connectivity index (χ0n) is 16.8. The van der Waals surface area contributed by atoms with Crippen LogP contribution in [0.2, 0.25) is 0 Å². The number of fused-ring (bicyclic) bond motifs is 1. The molecule has 28 heavy (non-hydrogen) atoms. The van der Waals surface area contributed by atoms with Crippen LogP contribution in [-0.4, -0.2) is 50.7 Å². The van der Waals surface area contributed by atoms with Crippen LogP contribution in [0.3, 0.4) is 0 Å². The average Bonchev–Trinajstić information content (AvgIpc) is 3.44. The number of guanidine groups is 1. The Hall–Kier alpha value is -2.42. The first-order valence-corrected chi connectivity index (χ1v) is 10.2. The Labute approximate surface area is 165 Å². The van der Waals surface area contributed by atoms with Crippen LogP contribution in [0.5, 0.6) is 0 Å². The van der Waals surface area contributed by atoms with Gasteiger partial charge in [0.1, 0.15) is 12.4 Å². The average molecular weight is 387 g/mol. The highest BCUT2D eigenvalue weighted by atomic mass is 16.5. The molecule has 3 heterocycles. The van der Waals surface area contributed by atoms with E-state index in [1.165, 1.54) is 25.7 Å². The van der Waals surface area contributed by atoms with Crippen molar-refractivity contribution in [2.45, 2.75) is 70.3 Å². The molecule has 0 radical (unpaired) electrons. The molecule has 0 amide bonds. The van der Waals surface area contributed by atoms with E-state index in [-0.39, 0.29) is 6.04 Å². The molecular formula is C19H30N8O.